The van der Waals surface area contributed by atoms with Gasteiger partial charge in [0.25, 0.3) is 5.91 Å². The van der Waals surface area contributed by atoms with E-state index in [0.717, 1.165) is 11.4 Å². The van der Waals surface area contributed by atoms with Gasteiger partial charge in [-0.15, -0.1) is 0 Å². The molecule has 0 saturated heterocycles. The Morgan fingerprint density at radius 3 is 2.77 bits per heavy atom. The molecule has 1 aliphatic rings. The van der Waals surface area contributed by atoms with Crippen LogP contribution in [0.25, 0.3) is 5.69 Å². The van der Waals surface area contributed by atoms with Crippen molar-refractivity contribution >= 4 is 17.5 Å². The molecule has 0 aliphatic heterocycles. The van der Waals surface area contributed by atoms with E-state index in [2.05, 4.69) is 10.4 Å². The van der Waals surface area contributed by atoms with E-state index < -0.39 is 0 Å². The van der Waals surface area contributed by atoms with E-state index in [0.29, 0.717) is 23.0 Å². The first-order chi connectivity index (χ1) is 10.6. The Bertz CT molecular complexity index is 676. The molecular formula is C16H19ClN4O. The summed E-state index contributed by atoms with van der Waals surface area (Å²) in [6, 6.07) is 7.38. The van der Waals surface area contributed by atoms with Crippen molar-refractivity contribution in [3.8, 4) is 5.69 Å². The molecule has 22 heavy (non-hydrogen) atoms. The molecule has 1 atom stereocenters. The first kappa shape index (κ1) is 15.1. The van der Waals surface area contributed by atoms with Crippen LogP contribution in [0, 0.1) is 12.8 Å². The highest BCUT2D eigenvalue weighted by molar-refractivity contribution is 6.30. The van der Waals surface area contributed by atoms with Gasteiger partial charge in [0.15, 0.2) is 0 Å². The number of halogens is 1. The smallest absolute Gasteiger partial charge is 0.254 e. The van der Waals surface area contributed by atoms with Crippen LogP contribution in [0.4, 0.5) is 0 Å². The lowest BCUT2D eigenvalue weighted by Gasteiger charge is -2.11. The molecule has 3 rings (SSSR count). The lowest BCUT2D eigenvalue weighted by molar-refractivity contribution is 0.0949. The van der Waals surface area contributed by atoms with Gasteiger partial charge in [-0.3, -0.25) is 4.79 Å². The topological polar surface area (TPSA) is 72.9 Å². The second-order valence-electron chi connectivity index (χ2n) is 5.74. The Morgan fingerprint density at radius 2 is 2.14 bits per heavy atom. The molecule has 1 saturated carbocycles. The molecule has 3 N–H and O–H groups in total. The fourth-order valence-corrected chi connectivity index (χ4v) is 2.60. The van der Waals surface area contributed by atoms with Gasteiger partial charge in [-0.05, 0) is 49.9 Å². The molecule has 1 unspecified atom stereocenters. The van der Waals surface area contributed by atoms with Gasteiger partial charge >= 0.3 is 0 Å². The molecule has 2 aromatic rings. The summed E-state index contributed by atoms with van der Waals surface area (Å²) in [6.45, 7) is 2.38. The highest BCUT2D eigenvalue weighted by Gasteiger charge is 2.28. The van der Waals surface area contributed by atoms with Crippen molar-refractivity contribution in [1.29, 1.82) is 0 Å². The third-order valence-electron chi connectivity index (χ3n) is 4.05. The van der Waals surface area contributed by atoms with Crippen LogP contribution in [0.15, 0.2) is 30.5 Å². The number of carbonyl (C=O) groups is 1. The van der Waals surface area contributed by atoms with E-state index in [1.54, 1.807) is 23.0 Å². The lowest BCUT2D eigenvalue weighted by Crippen LogP contribution is -2.38. The minimum atomic E-state index is -0.131. The number of nitrogens with one attached hydrogen (secondary N) is 1. The van der Waals surface area contributed by atoms with Gasteiger partial charge in [0.1, 0.15) is 0 Å². The van der Waals surface area contributed by atoms with E-state index in [9.17, 15) is 4.79 Å². The zero-order chi connectivity index (χ0) is 15.7. The van der Waals surface area contributed by atoms with Crippen LogP contribution in [0.1, 0.15) is 28.9 Å². The van der Waals surface area contributed by atoms with Crippen molar-refractivity contribution in [2.75, 3.05) is 6.54 Å². The van der Waals surface area contributed by atoms with Gasteiger partial charge in [0.05, 0.1) is 23.1 Å². The van der Waals surface area contributed by atoms with Crippen LogP contribution in [0.5, 0.6) is 0 Å². The summed E-state index contributed by atoms with van der Waals surface area (Å²) in [7, 11) is 0. The number of amides is 1. The van der Waals surface area contributed by atoms with Crippen molar-refractivity contribution in [2.45, 2.75) is 25.8 Å². The van der Waals surface area contributed by atoms with E-state index >= 15 is 0 Å². The van der Waals surface area contributed by atoms with E-state index in [4.69, 9.17) is 17.3 Å². The maximum atomic E-state index is 12.3. The summed E-state index contributed by atoms with van der Waals surface area (Å²) < 4.78 is 1.73. The summed E-state index contributed by atoms with van der Waals surface area (Å²) in [5.41, 5.74) is 8.24. The number of hydrogen-bond donors (Lipinski definition) is 2. The summed E-state index contributed by atoms with van der Waals surface area (Å²) in [5, 5.41) is 7.86. The van der Waals surface area contributed by atoms with Gasteiger partial charge < -0.3 is 11.1 Å². The fourth-order valence-electron chi connectivity index (χ4n) is 2.47. The third-order valence-corrected chi connectivity index (χ3v) is 4.30. The van der Waals surface area contributed by atoms with Crippen LogP contribution in [0.2, 0.25) is 5.02 Å². The molecule has 1 heterocycles. The molecule has 1 aliphatic carbocycles. The molecule has 1 aromatic carbocycles. The SMILES string of the molecule is Cc1c(C(=O)NCC(N)C2CC2)cnn1-c1ccc(Cl)cc1. The summed E-state index contributed by atoms with van der Waals surface area (Å²) >= 11 is 5.89. The van der Waals surface area contributed by atoms with Crippen LogP contribution in [-0.2, 0) is 0 Å². The standard InChI is InChI=1S/C16H19ClN4O/c1-10-14(16(22)19-9-15(18)11-2-3-11)8-20-21(10)13-6-4-12(17)5-7-13/h4-8,11,15H,2-3,9,18H2,1H3,(H,19,22). The zero-order valence-electron chi connectivity index (χ0n) is 12.4. The van der Waals surface area contributed by atoms with E-state index in [-0.39, 0.29) is 11.9 Å². The lowest BCUT2D eigenvalue weighted by atomic mass is 10.2. The number of carbonyl (C=O) groups excluding carboxylic acids is 1. The third kappa shape index (κ3) is 3.15. The summed E-state index contributed by atoms with van der Waals surface area (Å²) in [4.78, 5) is 12.3. The zero-order valence-corrected chi connectivity index (χ0v) is 13.2. The monoisotopic (exact) mass is 318 g/mol. The second kappa shape index (κ2) is 6.10. The fraction of sp³-hybridized carbons (Fsp3) is 0.375. The van der Waals surface area contributed by atoms with Crippen molar-refractivity contribution < 1.29 is 4.79 Å². The summed E-state index contributed by atoms with van der Waals surface area (Å²) in [6.07, 6.45) is 3.93. The summed E-state index contributed by atoms with van der Waals surface area (Å²) in [5.74, 6) is 0.437. The van der Waals surface area contributed by atoms with Crippen molar-refractivity contribution in [3.05, 3.63) is 46.7 Å². The Balaban J connectivity index is 1.71. The van der Waals surface area contributed by atoms with Gasteiger partial charge in [-0.2, -0.15) is 5.10 Å². The highest BCUT2D eigenvalue weighted by atomic mass is 35.5. The molecule has 1 amide bonds. The van der Waals surface area contributed by atoms with Gasteiger partial charge in [-0.25, -0.2) is 4.68 Å². The minimum Gasteiger partial charge on any atom is -0.350 e. The van der Waals surface area contributed by atoms with Crippen LogP contribution in [-0.4, -0.2) is 28.3 Å². The largest absolute Gasteiger partial charge is 0.350 e. The Labute approximate surface area is 134 Å². The Kier molecular flexibility index (Phi) is 4.18. The average molecular weight is 319 g/mol. The number of benzene rings is 1. The predicted octanol–water partition coefficient (Wildman–Crippen LogP) is 2.30. The van der Waals surface area contributed by atoms with Crippen LogP contribution in [0.3, 0.4) is 0 Å². The molecule has 6 heteroatoms. The normalized spacial score (nSPS) is 15.6. The average Bonchev–Trinajstić information content (AvgIpc) is 3.29. The molecule has 0 bridgehead atoms. The number of hydrogen-bond acceptors (Lipinski definition) is 3. The van der Waals surface area contributed by atoms with Crippen molar-refractivity contribution in [2.24, 2.45) is 11.7 Å². The molecular weight excluding hydrogens is 300 g/mol. The van der Waals surface area contributed by atoms with E-state index in [1.165, 1.54) is 12.8 Å². The number of nitrogens with zero attached hydrogens (tertiary/aromatic N) is 2. The van der Waals surface area contributed by atoms with Crippen LogP contribution >= 0.6 is 11.6 Å². The van der Waals surface area contributed by atoms with Gasteiger partial charge in [0, 0.05) is 17.6 Å². The quantitative estimate of drug-likeness (QED) is 0.888. The van der Waals surface area contributed by atoms with Crippen molar-refractivity contribution in [3.63, 3.8) is 0 Å². The molecule has 1 aromatic heterocycles. The molecule has 5 nitrogen and oxygen atoms in total. The first-order valence-corrected chi connectivity index (χ1v) is 7.78. The molecule has 0 spiro atoms. The Hall–Kier alpha value is -1.85. The number of rotatable bonds is 5. The predicted molar refractivity (Wildman–Crippen MR) is 86.3 cm³/mol. The highest BCUT2D eigenvalue weighted by Crippen LogP contribution is 2.31. The minimum absolute atomic E-state index is 0.0515. The molecule has 0 radical (unpaired) electrons. The Morgan fingerprint density at radius 1 is 1.45 bits per heavy atom. The maximum Gasteiger partial charge on any atom is 0.254 e. The van der Waals surface area contributed by atoms with Gasteiger partial charge in [-0.1, -0.05) is 11.6 Å². The first-order valence-electron chi connectivity index (χ1n) is 7.40. The molecule has 1 fully saturated rings. The van der Waals surface area contributed by atoms with Gasteiger partial charge in [0.2, 0.25) is 0 Å². The maximum absolute atomic E-state index is 12.3. The van der Waals surface area contributed by atoms with E-state index in [1.807, 2.05) is 19.1 Å². The van der Waals surface area contributed by atoms with Crippen LogP contribution < -0.4 is 11.1 Å². The van der Waals surface area contributed by atoms with Crippen molar-refractivity contribution in [1.82, 2.24) is 15.1 Å². The molecule has 116 valence electrons. The number of aromatic nitrogens is 2. The number of nitrogens with two attached hydrogens (primary N) is 1. The second-order valence-corrected chi connectivity index (χ2v) is 6.18.